The molecule has 0 aliphatic carbocycles. The second-order valence-electron chi connectivity index (χ2n) is 4.90. The molecule has 2 N–H and O–H groups in total. The van der Waals surface area contributed by atoms with Crippen molar-refractivity contribution in [2.45, 2.75) is 18.7 Å². The third-order valence-electron chi connectivity index (χ3n) is 3.13. The summed E-state index contributed by atoms with van der Waals surface area (Å²) < 4.78 is 0. The Hall–Kier alpha value is -2.27. The Morgan fingerprint density at radius 3 is 2.32 bits per heavy atom. The van der Waals surface area contributed by atoms with E-state index in [4.69, 9.17) is 0 Å². The Morgan fingerprint density at radius 1 is 1.00 bits per heavy atom. The van der Waals surface area contributed by atoms with Crippen molar-refractivity contribution in [1.82, 2.24) is 0 Å². The van der Waals surface area contributed by atoms with Gasteiger partial charge < -0.3 is 10.6 Å². The van der Waals surface area contributed by atoms with E-state index in [0.717, 1.165) is 10.5 Å². The fourth-order valence-corrected chi connectivity index (χ4v) is 2.49. The Morgan fingerprint density at radius 2 is 1.68 bits per heavy atom. The minimum Gasteiger partial charge on any atom is -0.326 e. The normalized spacial score (nSPS) is 10.1. The number of aryl methyl sites for hydroxylation is 1. The quantitative estimate of drug-likeness (QED) is 0.841. The molecule has 0 fully saturated rings. The molecule has 4 nitrogen and oxygen atoms in total. The number of hydrogen-bond acceptors (Lipinski definition) is 3. The fraction of sp³-hybridized carbons (Fsp3) is 0.176. The molecule has 22 heavy (non-hydrogen) atoms. The van der Waals surface area contributed by atoms with E-state index in [-0.39, 0.29) is 11.8 Å². The van der Waals surface area contributed by atoms with Gasteiger partial charge in [0.05, 0.1) is 0 Å². The maximum absolute atomic E-state index is 12.4. The molecule has 0 spiro atoms. The van der Waals surface area contributed by atoms with Crippen LogP contribution in [0.2, 0.25) is 0 Å². The number of carbonyl (C=O) groups excluding carboxylic acids is 2. The first kappa shape index (κ1) is 16.1. The zero-order chi connectivity index (χ0) is 16.1. The van der Waals surface area contributed by atoms with Crippen LogP contribution in [0.1, 0.15) is 22.8 Å². The molecule has 0 aliphatic rings. The molecule has 2 aromatic carbocycles. The summed E-state index contributed by atoms with van der Waals surface area (Å²) in [6.45, 7) is 3.36. The molecule has 5 heteroatoms. The monoisotopic (exact) mass is 314 g/mol. The van der Waals surface area contributed by atoms with E-state index in [1.807, 2.05) is 31.4 Å². The molecule has 2 rings (SSSR count). The van der Waals surface area contributed by atoms with Crippen LogP contribution in [0.4, 0.5) is 11.4 Å². The molecule has 0 heterocycles. The first-order valence-electron chi connectivity index (χ1n) is 6.83. The number of carbonyl (C=O) groups is 2. The Bertz CT molecular complexity index is 714. The van der Waals surface area contributed by atoms with Crippen molar-refractivity contribution >= 4 is 35.0 Å². The van der Waals surface area contributed by atoms with Gasteiger partial charge in [-0.2, -0.15) is 0 Å². The van der Waals surface area contributed by atoms with Crippen molar-refractivity contribution in [3.8, 4) is 0 Å². The molecule has 0 unspecified atom stereocenters. The SMILES string of the molecule is CSc1ccc(C)c(C(=O)Nc2cccc(NC(C)=O)c2)c1. The molecule has 0 atom stereocenters. The molecular weight excluding hydrogens is 296 g/mol. The maximum atomic E-state index is 12.4. The Labute approximate surface area is 134 Å². The Balaban J connectivity index is 2.20. The highest BCUT2D eigenvalue weighted by Gasteiger charge is 2.10. The minimum absolute atomic E-state index is 0.146. The summed E-state index contributed by atoms with van der Waals surface area (Å²) in [5.74, 6) is -0.305. The van der Waals surface area contributed by atoms with Crippen molar-refractivity contribution in [3.63, 3.8) is 0 Å². The Kier molecular flexibility index (Phi) is 5.22. The van der Waals surface area contributed by atoms with Crippen molar-refractivity contribution in [2.24, 2.45) is 0 Å². The molecule has 0 saturated carbocycles. The number of rotatable bonds is 4. The zero-order valence-electron chi connectivity index (χ0n) is 12.8. The maximum Gasteiger partial charge on any atom is 0.255 e. The zero-order valence-corrected chi connectivity index (χ0v) is 13.6. The van der Waals surface area contributed by atoms with Gasteiger partial charge in [-0.3, -0.25) is 9.59 Å². The lowest BCUT2D eigenvalue weighted by Gasteiger charge is -2.10. The van der Waals surface area contributed by atoms with Crippen LogP contribution in [0.15, 0.2) is 47.4 Å². The third kappa shape index (κ3) is 4.11. The molecule has 0 aromatic heterocycles. The van der Waals surface area contributed by atoms with E-state index in [1.165, 1.54) is 6.92 Å². The van der Waals surface area contributed by atoms with Crippen molar-refractivity contribution in [3.05, 3.63) is 53.6 Å². The molecule has 114 valence electrons. The van der Waals surface area contributed by atoms with Gasteiger partial charge in [-0.15, -0.1) is 11.8 Å². The lowest BCUT2D eigenvalue weighted by atomic mass is 10.1. The first-order valence-corrected chi connectivity index (χ1v) is 8.05. The van der Waals surface area contributed by atoms with E-state index < -0.39 is 0 Å². The van der Waals surface area contributed by atoms with Crippen LogP contribution < -0.4 is 10.6 Å². The minimum atomic E-state index is -0.159. The number of amides is 2. The second kappa shape index (κ2) is 7.13. The van der Waals surface area contributed by atoms with Gasteiger partial charge in [-0.05, 0) is 49.1 Å². The summed E-state index contributed by atoms with van der Waals surface area (Å²) in [5.41, 5.74) is 2.87. The summed E-state index contributed by atoms with van der Waals surface area (Å²) in [5, 5.41) is 5.56. The van der Waals surface area contributed by atoms with Crippen LogP contribution in [0.5, 0.6) is 0 Å². The van der Waals surface area contributed by atoms with E-state index in [9.17, 15) is 9.59 Å². The van der Waals surface area contributed by atoms with Gasteiger partial charge in [0.2, 0.25) is 5.91 Å². The topological polar surface area (TPSA) is 58.2 Å². The smallest absolute Gasteiger partial charge is 0.255 e. The predicted molar refractivity (Wildman–Crippen MR) is 91.7 cm³/mol. The average Bonchev–Trinajstić information content (AvgIpc) is 2.47. The molecule has 0 bridgehead atoms. The molecule has 2 amide bonds. The van der Waals surface area contributed by atoms with E-state index in [0.29, 0.717) is 16.9 Å². The second-order valence-corrected chi connectivity index (χ2v) is 5.78. The van der Waals surface area contributed by atoms with Crippen LogP contribution in [0, 0.1) is 6.92 Å². The van der Waals surface area contributed by atoms with Crippen LogP contribution in [0.3, 0.4) is 0 Å². The van der Waals surface area contributed by atoms with Crippen LogP contribution >= 0.6 is 11.8 Å². The van der Waals surface area contributed by atoms with Crippen LogP contribution in [0.25, 0.3) is 0 Å². The van der Waals surface area contributed by atoms with Crippen LogP contribution in [-0.4, -0.2) is 18.1 Å². The van der Waals surface area contributed by atoms with Gasteiger partial charge in [-0.1, -0.05) is 12.1 Å². The molecule has 0 radical (unpaired) electrons. The predicted octanol–water partition coefficient (Wildman–Crippen LogP) is 3.93. The number of hydrogen-bond donors (Lipinski definition) is 2. The summed E-state index contributed by atoms with van der Waals surface area (Å²) in [4.78, 5) is 24.6. The van der Waals surface area contributed by atoms with Gasteiger partial charge in [0.15, 0.2) is 0 Å². The van der Waals surface area contributed by atoms with Gasteiger partial charge >= 0.3 is 0 Å². The fourth-order valence-electron chi connectivity index (χ4n) is 2.05. The first-order chi connectivity index (χ1) is 10.5. The molecule has 2 aromatic rings. The standard InChI is InChI=1S/C17H18N2O2S/c1-11-7-8-15(22-3)10-16(11)17(21)19-14-6-4-5-13(9-14)18-12(2)20/h4-10H,1-3H3,(H,18,20)(H,19,21). The summed E-state index contributed by atoms with van der Waals surface area (Å²) in [6, 6.07) is 12.9. The highest BCUT2D eigenvalue weighted by Crippen LogP contribution is 2.21. The van der Waals surface area contributed by atoms with Crippen molar-refractivity contribution in [2.75, 3.05) is 16.9 Å². The van der Waals surface area contributed by atoms with E-state index in [1.54, 1.807) is 36.0 Å². The van der Waals surface area contributed by atoms with E-state index in [2.05, 4.69) is 10.6 Å². The number of thioether (sulfide) groups is 1. The average molecular weight is 314 g/mol. The van der Waals surface area contributed by atoms with Gasteiger partial charge in [0, 0.05) is 28.8 Å². The van der Waals surface area contributed by atoms with Crippen LogP contribution in [-0.2, 0) is 4.79 Å². The number of anilines is 2. The van der Waals surface area contributed by atoms with Crippen molar-refractivity contribution < 1.29 is 9.59 Å². The largest absolute Gasteiger partial charge is 0.326 e. The third-order valence-corrected chi connectivity index (χ3v) is 3.86. The lowest BCUT2D eigenvalue weighted by molar-refractivity contribution is -0.114. The molecule has 0 saturated heterocycles. The summed E-state index contributed by atoms with van der Waals surface area (Å²) in [6.07, 6.45) is 1.98. The number of nitrogens with one attached hydrogen (secondary N) is 2. The number of benzene rings is 2. The van der Waals surface area contributed by atoms with Crippen molar-refractivity contribution in [1.29, 1.82) is 0 Å². The van der Waals surface area contributed by atoms with Gasteiger partial charge in [0.25, 0.3) is 5.91 Å². The van der Waals surface area contributed by atoms with Gasteiger partial charge in [0.1, 0.15) is 0 Å². The highest BCUT2D eigenvalue weighted by molar-refractivity contribution is 7.98. The van der Waals surface area contributed by atoms with Gasteiger partial charge in [-0.25, -0.2) is 0 Å². The highest BCUT2D eigenvalue weighted by atomic mass is 32.2. The lowest BCUT2D eigenvalue weighted by Crippen LogP contribution is -2.14. The summed E-state index contributed by atoms with van der Waals surface area (Å²) >= 11 is 1.60. The summed E-state index contributed by atoms with van der Waals surface area (Å²) in [7, 11) is 0. The molecule has 0 aliphatic heterocycles. The van der Waals surface area contributed by atoms with E-state index >= 15 is 0 Å². The molecular formula is C17H18N2O2S.